The van der Waals surface area contributed by atoms with Gasteiger partial charge < -0.3 is 0 Å². The number of hydrogen-bond acceptors (Lipinski definition) is 2. The van der Waals surface area contributed by atoms with Crippen LogP contribution in [0.4, 0.5) is 0 Å². The van der Waals surface area contributed by atoms with E-state index in [0.717, 1.165) is 18.5 Å². The van der Waals surface area contributed by atoms with Crippen molar-refractivity contribution in [1.29, 1.82) is 5.26 Å². The first kappa shape index (κ1) is 12.5. The van der Waals surface area contributed by atoms with E-state index >= 15 is 0 Å². The third-order valence-corrected chi connectivity index (χ3v) is 3.60. The van der Waals surface area contributed by atoms with Crippen LogP contribution in [-0.2, 0) is 0 Å². The van der Waals surface area contributed by atoms with Crippen molar-refractivity contribution in [3.63, 3.8) is 0 Å². The van der Waals surface area contributed by atoms with Crippen molar-refractivity contribution in [3.8, 4) is 6.07 Å². The molecular weight excluding hydrogens is 184 g/mol. The molecule has 0 aliphatic heterocycles. The van der Waals surface area contributed by atoms with E-state index in [-0.39, 0.29) is 0 Å². The Kier molecular flexibility index (Phi) is 5.11. The molecule has 0 heterocycles. The Morgan fingerprint density at radius 2 is 1.87 bits per heavy atom. The summed E-state index contributed by atoms with van der Waals surface area (Å²) in [4.78, 5) is 2.52. The minimum Gasteiger partial charge on any atom is -0.297 e. The molecule has 1 fully saturated rings. The molecule has 86 valence electrons. The van der Waals surface area contributed by atoms with Crippen LogP contribution in [0.1, 0.15) is 52.9 Å². The predicted octanol–water partition coefficient (Wildman–Crippen LogP) is 3.19. The molecule has 0 amide bonds. The molecule has 2 heteroatoms. The van der Waals surface area contributed by atoms with Crippen molar-refractivity contribution in [2.24, 2.45) is 5.92 Å². The second-order valence-electron chi connectivity index (χ2n) is 5.15. The van der Waals surface area contributed by atoms with E-state index in [2.05, 4.69) is 31.7 Å². The van der Waals surface area contributed by atoms with Crippen molar-refractivity contribution in [1.82, 2.24) is 4.90 Å². The van der Waals surface area contributed by atoms with Gasteiger partial charge in [0.05, 0.1) is 6.07 Å². The summed E-state index contributed by atoms with van der Waals surface area (Å²) in [6, 6.07) is 3.57. The van der Waals surface area contributed by atoms with E-state index in [0.29, 0.717) is 12.5 Å². The highest BCUT2D eigenvalue weighted by Gasteiger charge is 2.25. The molecule has 0 aromatic rings. The van der Waals surface area contributed by atoms with Gasteiger partial charge in [0.25, 0.3) is 0 Å². The normalized spacial score (nSPS) is 26.9. The van der Waals surface area contributed by atoms with Crippen molar-refractivity contribution in [2.45, 2.75) is 65.0 Å². The maximum absolute atomic E-state index is 8.66. The molecule has 0 spiro atoms. The summed E-state index contributed by atoms with van der Waals surface area (Å²) in [6.45, 7) is 7.79. The molecule has 1 rings (SSSR count). The second kappa shape index (κ2) is 6.12. The van der Waals surface area contributed by atoms with Crippen LogP contribution in [0.15, 0.2) is 0 Å². The van der Waals surface area contributed by atoms with E-state index in [1.54, 1.807) is 0 Å². The van der Waals surface area contributed by atoms with Crippen molar-refractivity contribution in [2.75, 3.05) is 6.54 Å². The Morgan fingerprint density at radius 1 is 1.27 bits per heavy atom. The molecule has 0 saturated heterocycles. The van der Waals surface area contributed by atoms with Crippen LogP contribution in [0.2, 0.25) is 0 Å². The van der Waals surface area contributed by atoms with Crippen molar-refractivity contribution >= 4 is 0 Å². The zero-order valence-corrected chi connectivity index (χ0v) is 10.4. The lowest BCUT2D eigenvalue weighted by molar-refractivity contribution is 0.110. The molecule has 0 aromatic carbocycles. The number of rotatable bonds is 4. The zero-order chi connectivity index (χ0) is 11.3. The lowest BCUT2D eigenvalue weighted by Gasteiger charge is -2.38. The summed E-state index contributed by atoms with van der Waals surface area (Å²) in [6.07, 6.45) is 6.04. The largest absolute Gasteiger partial charge is 0.297 e. The summed E-state index contributed by atoms with van der Waals surface area (Å²) in [5.41, 5.74) is 0. The molecule has 0 radical (unpaired) electrons. The minimum absolute atomic E-state index is 0.580. The first-order valence-corrected chi connectivity index (χ1v) is 6.27. The molecule has 1 aliphatic rings. The Morgan fingerprint density at radius 3 is 2.33 bits per heavy atom. The lowest BCUT2D eigenvalue weighted by Crippen LogP contribution is -2.42. The number of nitrogens with zero attached hydrogens (tertiary/aromatic N) is 2. The fourth-order valence-corrected chi connectivity index (χ4v) is 2.62. The molecular formula is C13H24N2. The molecule has 0 aromatic heterocycles. The van der Waals surface area contributed by atoms with Gasteiger partial charge in [0.2, 0.25) is 0 Å². The second-order valence-corrected chi connectivity index (χ2v) is 5.15. The summed E-state index contributed by atoms with van der Waals surface area (Å²) in [5.74, 6) is 0.909. The third kappa shape index (κ3) is 3.83. The zero-order valence-electron chi connectivity index (χ0n) is 10.4. The average Bonchev–Trinajstić information content (AvgIpc) is 2.21. The van der Waals surface area contributed by atoms with Crippen molar-refractivity contribution in [3.05, 3.63) is 0 Å². The highest BCUT2D eigenvalue weighted by molar-refractivity contribution is 4.82. The minimum atomic E-state index is 0.580. The highest BCUT2D eigenvalue weighted by atomic mass is 15.2. The fraction of sp³-hybridized carbons (Fsp3) is 0.923. The monoisotopic (exact) mass is 208 g/mol. The highest BCUT2D eigenvalue weighted by Crippen LogP contribution is 2.28. The van der Waals surface area contributed by atoms with Gasteiger partial charge in [0, 0.05) is 25.0 Å². The van der Waals surface area contributed by atoms with Crippen molar-refractivity contribution < 1.29 is 0 Å². The van der Waals surface area contributed by atoms with Crippen LogP contribution in [0.25, 0.3) is 0 Å². The molecule has 0 bridgehead atoms. The SMILES string of the molecule is CC1CCC(N(CCC#N)C(C)C)CC1. The van der Waals surface area contributed by atoms with Gasteiger partial charge in [-0.15, -0.1) is 0 Å². The molecule has 0 atom stereocenters. The van der Waals surface area contributed by atoms with Gasteiger partial charge in [0.1, 0.15) is 0 Å². The van der Waals surface area contributed by atoms with Crippen LogP contribution in [0, 0.1) is 17.2 Å². The van der Waals surface area contributed by atoms with E-state index in [1.165, 1.54) is 25.7 Å². The van der Waals surface area contributed by atoms with Gasteiger partial charge in [0.15, 0.2) is 0 Å². The van der Waals surface area contributed by atoms with Gasteiger partial charge >= 0.3 is 0 Å². The molecule has 1 aliphatic carbocycles. The predicted molar refractivity (Wildman–Crippen MR) is 63.5 cm³/mol. The summed E-state index contributed by atoms with van der Waals surface area (Å²) in [7, 11) is 0. The Bertz CT molecular complexity index is 209. The average molecular weight is 208 g/mol. The van der Waals surface area contributed by atoms with Crippen LogP contribution >= 0.6 is 0 Å². The fourth-order valence-electron chi connectivity index (χ4n) is 2.62. The van der Waals surface area contributed by atoms with E-state index in [9.17, 15) is 0 Å². The number of nitriles is 1. The van der Waals surface area contributed by atoms with Crippen LogP contribution in [-0.4, -0.2) is 23.5 Å². The quantitative estimate of drug-likeness (QED) is 0.709. The Labute approximate surface area is 94.3 Å². The van der Waals surface area contributed by atoms with Gasteiger partial charge in [-0.1, -0.05) is 6.92 Å². The maximum Gasteiger partial charge on any atom is 0.0635 e. The van der Waals surface area contributed by atoms with Crippen LogP contribution < -0.4 is 0 Å². The molecule has 2 nitrogen and oxygen atoms in total. The Balaban J connectivity index is 2.45. The van der Waals surface area contributed by atoms with Crippen LogP contribution in [0.5, 0.6) is 0 Å². The smallest absolute Gasteiger partial charge is 0.0635 e. The lowest BCUT2D eigenvalue weighted by atomic mass is 9.86. The van der Waals surface area contributed by atoms with E-state index in [1.807, 2.05) is 0 Å². The Hall–Kier alpha value is -0.550. The van der Waals surface area contributed by atoms with Gasteiger partial charge in [-0.05, 0) is 45.4 Å². The molecule has 0 unspecified atom stereocenters. The molecule has 1 saturated carbocycles. The van der Waals surface area contributed by atoms with Gasteiger partial charge in [-0.25, -0.2) is 0 Å². The first-order chi connectivity index (χ1) is 7.15. The van der Waals surface area contributed by atoms with E-state index < -0.39 is 0 Å². The summed E-state index contributed by atoms with van der Waals surface area (Å²) >= 11 is 0. The third-order valence-electron chi connectivity index (χ3n) is 3.60. The van der Waals surface area contributed by atoms with E-state index in [4.69, 9.17) is 5.26 Å². The first-order valence-electron chi connectivity index (χ1n) is 6.27. The number of hydrogen-bond donors (Lipinski definition) is 0. The molecule has 0 N–H and O–H groups in total. The van der Waals surface area contributed by atoms with Gasteiger partial charge in [-0.3, -0.25) is 4.90 Å². The standard InChI is InChI=1S/C13H24N2/c1-11(2)15(10-4-9-14)13-7-5-12(3)6-8-13/h11-13H,4-8,10H2,1-3H3. The summed E-state index contributed by atoms with van der Waals surface area (Å²) < 4.78 is 0. The maximum atomic E-state index is 8.66. The molecule has 15 heavy (non-hydrogen) atoms. The summed E-state index contributed by atoms with van der Waals surface area (Å²) in [5, 5.41) is 8.66. The van der Waals surface area contributed by atoms with Gasteiger partial charge in [-0.2, -0.15) is 5.26 Å². The topological polar surface area (TPSA) is 27.0 Å². The van der Waals surface area contributed by atoms with Crippen LogP contribution in [0.3, 0.4) is 0 Å².